The molecule has 10 heteroatoms. The first-order valence-corrected chi connectivity index (χ1v) is 23.6. The summed E-state index contributed by atoms with van der Waals surface area (Å²) in [5.74, 6) is -0.894. The summed E-state index contributed by atoms with van der Waals surface area (Å²) in [4.78, 5) is 37.5. The highest BCUT2D eigenvalue weighted by Crippen LogP contribution is 2.38. The summed E-state index contributed by atoms with van der Waals surface area (Å²) in [7, 11) is 1.12. The number of phosphoric ester groups is 1. The highest BCUT2D eigenvalue weighted by Gasteiger charge is 2.21. The van der Waals surface area contributed by atoms with E-state index in [1.54, 1.807) is 0 Å². The minimum Gasteiger partial charge on any atom is -0.756 e. The molecule has 0 bridgehead atoms. The Balaban J connectivity index is 4.45. The molecular formula is C47H82NO8P. The molecule has 0 aromatic carbocycles. The van der Waals surface area contributed by atoms with Crippen LogP contribution < -0.4 is 4.89 Å². The summed E-state index contributed by atoms with van der Waals surface area (Å²) >= 11 is 0. The highest BCUT2D eigenvalue weighted by molar-refractivity contribution is 7.45. The van der Waals surface area contributed by atoms with E-state index in [0.717, 1.165) is 83.5 Å². The van der Waals surface area contributed by atoms with Crippen LogP contribution in [0.3, 0.4) is 0 Å². The molecule has 0 spiro atoms. The Hall–Kier alpha value is -2.55. The van der Waals surface area contributed by atoms with Gasteiger partial charge >= 0.3 is 11.9 Å². The normalized spacial score (nSPS) is 14.3. The Morgan fingerprint density at radius 2 is 0.965 bits per heavy atom. The molecule has 0 aliphatic heterocycles. The van der Waals surface area contributed by atoms with Crippen LogP contribution in [0.4, 0.5) is 0 Å². The van der Waals surface area contributed by atoms with E-state index in [1.807, 2.05) is 21.1 Å². The van der Waals surface area contributed by atoms with E-state index in [-0.39, 0.29) is 26.1 Å². The van der Waals surface area contributed by atoms with Gasteiger partial charge < -0.3 is 27.9 Å². The highest BCUT2D eigenvalue weighted by atomic mass is 31.2. The van der Waals surface area contributed by atoms with Crippen molar-refractivity contribution in [3.8, 4) is 0 Å². The number of esters is 2. The average molecular weight is 820 g/mol. The Labute approximate surface area is 348 Å². The van der Waals surface area contributed by atoms with Gasteiger partial charge in [-0.25, -0.2) is 0 Å². The summed E-state index contributed by atoms with van der Waals surface area (Å²) in [5.41, 5.74) is 0. The Kier molecular flexibility index (Phi) is 37.2. The minimum atomic E-state index is -4.64. The number of rotatable bonds is 39. The van der Waals surface area contributed by atoms with E-state index in [1.165, 1.54) is 38.5 Å². The lowest BCUT2D eigenvalue weighted by atomic mass is 10.1. The zero-order valence-electron chi connectivity index (χ0n) is 36.8. The fourth-order valence-electron chi connectivity index (χ4n) is 5.42. The number of hydrogen-bond donors (Lipinski definition) is 0. The van der Waals surface area contributed by atoms with Crippen LogP contribution in [-0.2, 0) is 32.7 Å². The van der Waals surface area contributed by atoms with Crippen molar-refractivity contribution in [1.82, 2.24) is 0 Å². The summed E-state index contributed by atoms with van der Waals surface area (Å²) in [6.07, 6.45) is 47.8. The lowest BCUT2D eigenvalue weighted by molar-refractivity contribution is -0.870. The van der Waals surface area contributed by atoms with Crippen molar-refractivity contribution < 1.29 is 42.1 Å². The van der Waals surface area contributed by atoms with Gasteiger partial charge in [-0.3, -0.25) is 14.2 Å². The third kappa shape index (κ3) is 42.9. The summed E-state index contributed by atoms with van der Waals surface area (Å²) < 4.78 is 33.8. The van der Waals surface area contributed by atoms with Crippen LogP contribution >= 0.6 is 7.82 Å². The first kappa shape index (κ1) is 54.5. The van der Waals surface area contributed by atoms with E-state index in [4.69, 9.17) is 18.5 Å². The second-order valence-electron chi connectivity index (χ2n) is 15.7. The van der Waals surface area contributed by atoms with Gasteiger partial charge in [-0.2, -0.15) is 0 Å². The molecule has 1 unspecified atom stereocenters. The lowest BCUT2D eigenvalue weighted by Crippen LogP contribution is -2.37. The average Bonchev–Trinajstić information content (AvgIpc) is 3.16. The number of quaternary nitrogens is 1. The molecule has 328 valence electrons. The zero-order valence-corrected chi connectivity index (χ0v) is 37.7. The monoisotopic (exact) mass is 820 g/mol. The maximum absolute atomic E-state index is 12.7. The molecular weight excluding hydrogens is 737 g/mol. The van der Waals surface area contributed by atoms with Crippen LogP contribution in [0, 0.1) is 0 Å². The van der Waals surface area contributed by atoms with Gasteiger partial charge in [0.25, 0.3) is 7.82 Å². The number of carbonyl (C=O) groups is 2. The maximum Gasteiger partial charge on any atom is 0.306 e. The van der Waals surface area contributed by atoms with Crippen molar-refractivity contribution in [2.24, 2.45) is 0 Å². The number of carbonyl (C=O) groups excluding carboxylic acids is 2. The minimum absolute atomic E-state index is 0.0428. The van der Waals surface area contributed by atoms with Crippen molar-refractivity contribution >= 4 is 19.8 Å². The van der Waals surface area contributed by atoms with Gasteiger partial charge in [0.2, 0.25) is 0 Å². The molecule has 0 N–H and O–H groups in total. The second kappa shape index (κ2) is 38.9. The molecule has 0 aromatic rings. The summed E-state index contributed by atoms with van der Waals surface area (Å²) in [5, 5.41) is 0. The van der Waals surface area contributed by atoms with Crippen LogP contribution in [0.5, 0.6) is 0 Å². The maximum atomic E-state index is 12.7. The Morgan fingerprint density at radius 3 is 1.47 bits per heavy atom. The van der Waals surface area contributed by atoms with Gasteiger partial charge in [0, 0.05) is 12.8 Å². The fraction of sp³-hybridized carbons (Fsp3) is 0.702. The quantitative estimate of drug-likeness (QED) is 0.0198. The summed E-state index contributed by atoms with van der Waals surface area (Å²) in [6.45, 7) is 4.08. The topological polar surface area (TPSA) is 111 Å². The molecule has 0 aromatic heterocycles. The van der Waals surface area contributed by atoms with Crippen molar-refractivity contribution in [1.29, 1.82) is 0 Å². The first-order chi connectivity index (χ1) is 27.5. The smallest absolute Gasteiger partial charge is 0.306 e. The molecule has 0 rings (SSSR count). The van der Waals surface area contributed by atoms with Gasteiger partial charge in [0.05, 0.1) is 27.7 Å². The number of ether oxygens (including phenoxy) is 2. The summed E-state index contributed by atoms with van der Waals surface area (Å²) in [6, 6.07) is 0. The zero-order chi connectivity index (χ0) is 42.1. The number of unbranched alkanes of at least 4 members (excludes halogenated alkanes) is 13. The van der Waals surface area contributed by atoms with Crippen LogP contribution in [0.1, 0.15) is 162 Å². The molecule has 0 fully saturated rings. The molecule has 0 heterocycles. The largest absolute Gasteiger partial charge is 0.756 e. The van der Waals surface area contributed by atoms with Gasteiger partial charge in [-0.05, 0) is 83.5 Å². The molecule has 9 nitrogen and oxygen atoms in total. The number of hydrogen-bond acceptors (Lipinski definition) is 8. The third-order valence-electron chi connectivity index (χ3n) is 8.95. The van der Waals surface area contributed by atoms with Crippen LogP contribution in [-0.4, -0.2) is 70.0 Å². The van der Waals surface area contributed by atoms with Crippen molar-refractivity contribution in [2.75, 3.05) is 47.5 Å². The van der Waals surface area contributed by atoms with Crippen LogP contribution in [0.15, 0.2) is 72.9 Å². The van der Waals surface area contributed by atoms with Gasteiger partial charge in [-0.1, -0.05) is 138 Å². The number of allylic oxidation sites excluding steroid dienone is 12. The van der Waals surface area contributed by atoms with Gasteiger partial charge in [0.15, 0.2) is 6.10 Å². The SMILES string of the molecule is CCCC/C=C\C/C=C\CCCCCCCC(=O)O[C@H](COC(=O)CCCCC/C=C\C/C=C\C/C=C\C/C=C\CCCCC)COP(=O)([O-])OCC[N+](C)(C)C. The molecule has 57 heavy (non-hydrogen) atoms. The molecule has 0 aliphatic rings. The second-order valence-corrected chi connectivity index (χ2v) is 17.1. The van der Waals surface area contributed by atoms with Crippen molar-refractivity contribution in [3.63, 3.8) is 0 Å². The predicted molar refractivity (Wildman–Crippen MR) is 236 cm³/mol. The molecule has 0 aliphatic carbocycles. The standard InChI is InChI=1S/C47H82NO8P/c1-6-8-10-12-14-16-18-20-22-23-24-25-26-28-29-31-33-35-37-39-46(49)53-43-45(44-55-57(51,52)54-42-41-48(3,4)5)56-47(50)40-38-36-34-32-30-27-21-19-17-15-13-11-9-7-2/h13-16,19-22,24-25,28-29,45H,6-12,17-18,23,26-27,30-44H2,1-5H3/b15-13-,16-14-,21-19-,22-20-,25-24-,29-28-/t45-/m1/s1. The van der Waals surface area contributed by atoms with E-state index >= 15 is 0 Å². The number of phosphoric acid groups is 1. The van der Waals surface area contributed by atoms with E-state index in [9.17, 15) is 19.0 Å². The first-order valence-electron chi connectivity index (χ1n) is 22.1. The number of likely N-dealkylation sites (N-methyl/N-ethyl adjacent to an activating group) is 1. The third-order valence-corrected chi connectivity index (χ3v) is 9.91. The van der Waals surface area contributed by atoms with Crippen molar-refractivity contribution in [3.05, 3.63) is 72.9 Å². The number of nitrogens with zero attached hydrogens (tertiary/aromatic N) is 1. The van der Waals surface area contributed by atoms with Gasteiger partial charge in [0.1, 0.15) is 19.8 Å². The Morgan fingerprint density at radius 1 is 0.544 bits per heavy atom. The molecule has 0 radical (unpaired) electrons. The predicted octanol–water partition coefficient (Wildman–Crippen LogP) is 12.0. The Bertz CT molecular complexity index is 1200. The molecule has 0 amide bonds. The molecule has 2 atom stereocenters. The molecule has 0 saturated carbocycles. The lowest BCUT2D eigenvalue weighted by Gasteiger charge is -2.28. The van der Waals surface area contributed by atoms with E-state index < -0.39 is 32.5 Å². The van der Waals surface area contributed by atoms with Crippen LogP contribution in [0.2, 0.25) is 0 Å². The van der Waals surface area contributed by atoms with Gasteiger partial charge in [-0.15, -0.1) is 0 Å². The fourth-order valence-corrected chi connectivity index (χ4v) is 6.15. The molecule has 0 saturated heterocycles. The van der Waals surface area contributed by atoms with Crippen molar-refractivity contribution in [2.45, 2.75) is 168 Å². The van der Waals surface area contributed by atoms with Crippen LogP contribution in [0.25, 0.3) is 0 Å². The van der Waals surface area contributed by atoms with E-state index in [0.29, 0.717) is 23.9 Å². The van der Waals surface area contributed by atoms with E-state index in [2.05, 4.69) is 86.8 Å².